The molecular weight excluding hydrogens is 277 g/mol. The molecule has 1 aromatic carbocycles. The van der Waals surface area contributed by atoms with Crippen LogP contribution in [0.15, 0.2) is 35.1 Å². The van der Waals surface area contributed by atoms with Crippen molar-refractivity contribution in [2.75, 3.05) is 5.73 Å². The summed E-state index contributed by atoms with van der Waals surface area (Å²) in [6.07, 6.45) is 1.56. The van der Waals surface area contributed by atoms with Crippen LogP contribution in [-0.4, -0.2) is 9.97 Å². The lowest BCUT2D eigenvalue weighted by molar-refractivity contribution is 1.18. The van der Waals surface area contributed by atoms with Crippen LogP contribution in [0.4, 0.5) is 5.82 Å². The Morgan fingerprint density at radius 3 is 2.87 bits per heavy atom. The van der Waals surface area contributed by atoms with Gasteiger partial charge in [0.15, 0.2) is 0 Å². The first-order chi connectivity index (χ1) is 7.16. The topological polar surface area (TPSA) is 51.8 Å². The van der Waals surface area contributed by atoms with Gasteiger partial charge in [-0.2, -0.15) is 0 Å². The number of hydrogen-bond donors (Lipinski definition) is 1. The maximum atomic E-state index is 5.89. The predicted molar refractivity (Wildman–Crippen MR) is 64.6 cm³/mol. The highest BCUT2D eigenvalue weighted by Crippen LogP contribution is 2.25. The predicted octanol–water partition coefficient (Wildman–Crippen LogP) is 3.14. The zero-order valence-corrected chi connectivity index (χ0v) is 9.96. The van der Waals surface area contributed by atoms with Crippen LogP contribution in [0.3, 0.4) is 0 Å². The van der Waals surface area contributed by atoms with Crippen molar-refractivity contribution in [1.29, 1.82) is 0 Å². The van der Waals surface area contributed by atoms with Gasteiger partial charge in [0.05, 0.1) is 6.20 Å². The van der Waals surface area contributed by atoms with Crippen LogP contribution in [-0.2, 0) is 0 Å². The quantitative estimate of drug-likeness (QED) is 0.875. The van der Waals surface area contributed by atoms with Crippen LogP contribution < -0.4 is 5.73 Å². The van der Waals surface area contributed by atoms with E-state index in [0.29, 0.717) is 21.1 Å². The molecule has 76 valence electrons. The average Bonchev–Trinajstić information content (AvgIpc) is 2.22. The molecule has 0 saturated carbocycles. The van der Waals surface area contributed by atoms with Crippen LogP contribution in [0.2, 0.25) is 5.02 Å². The minimum Gasteiger partial charge on any atom is -0.382 e. The molecule has 15 heavy (non-hydrogen) atoms. The number of hydrogen-bond acceptors (Lipinski definition) is 3. The molecule has 0 saturated heterocycles. The highest BCUT2D eigenvalue weighted by atomic mass is 79.9. The Morgan fingerprint density at radius 1 is 1.33 bits per heavy atom. The number of nitrogens with zero attached hydrogens (tertiary/aromatic N) is 2. The fraction of sp³-hybridized carbons (Fsp3) is 0. The largest absolute Gasteiger partial charge is 0.382 e. The average molecular weight is 285 g/mol. The molecule has 3 nitrogen and oxygen atoms in total. The standard InChI is InChI=1S/C10H7BrClN3/c11-8-5-14-10(13)9(15-8)6-2-1-3-7(12)4-6/h1-5H,(H2,13,14). The van der Waals surface area contributed by atoms with Crippen molar-refractivity contribution in [2.45, 2.75) is 0 Å². The van der Waals surface area contributed by atoms with Crippen molar-refractivity contribution in [2.24, 2.45) is 0 Å². The number of nitrogens with two attached hydrogens (primary N) is 1. The van der Waals surface area contributed by atoms with Crippen molar-refractivity contribution in [3.05, 3.63) is 40.1 Å². The lowest BCUT2D eigenvalue weighted by Crippen LogP contribution is -1.97. The van der Waals surface area contributed by atoms with E-state index in [2.05, 4.69) is 25.9 Å². The zero-order chi connectivity index (χ0) is 10.8. The summed E-state index contributed by atoms with van der Waals surface area (Å²) in [5.41, 5.74) is 7.22. The summed E-state index contributed by atoms with van der Waals surface area (Å²) in [7, 11) is 0. The van der Waals surface area contributed by atoms with Crippen molar-refractivity contribution in [3.63, 3.8) is 0 Å². The van der Waals surface area contributed by atoms with Gasteiger partial charge in [0.2, 0.25) is 0 Å². The van der Waals surface area contributed by atoms with Gasteiger partial charge in [0, 0.05) is 10.6 Å². The number of benzene rings is 1. The molecule has 2 aromatic rings. The van der Waals surface area contributed by atoms with Gasteiger partial charge in [-0.25, -0.2) is 9.97 Å². The van der Waals surface area contributed by atoms with Crippen LogP contribution in [0.1, 0.15) is 0 Å². The van der Waals surface area contributed by atoms with Gasteiger partial charge < -0.3 is 5.73 Å². The van der Waals surface area contributed by atoms with Gasteiger partial charge in [0.25, 0.3) is 0 Å². The van der Waals surface area contributed by atoms with Gasteiger partial charge in [-0.3, -0.25) is 0 Å². The molecule has 0 amide bonds. The Kier molecular flexibility index (Phi) is 2.88. The minimum atomic E-state index is 0.389. The molecule has 0 spiro atoms. The summed E-state index contributed by atoms with van der Waals surface area (Å²) < 4.78 is 0.645. The first-order valence-electron chi connectivity index (χ1n) is 4.21. The normalized spacial score (nSPS) is 10.3. The molecule has 0 atom stereocenters. The maximum absolute atomic E-state index is 5.89. The SMILES string of the molecule is Nc1ncc(Br)nc1-c1cccc(Cl)c1. The second-order valence-corrected chi connectivity index (χ2v) is 4.19. The highest BCUT2D eigenvalue weighted by Gasteiger charge is 2.06. The molecule has 0 bridgehead atoms. The van der Waals surface area contributed by atoms with Gasteiger partial charge >= 0.3 is 0 Å². The summed E-state index contributed by atoms with van der Waals surface area (Å²) in [4.78, 5) is 8.26. The smallest absolute Gasteiger partial charge is 0.150 e. The number of nitrogen functional groups attached to an aromatic ring is 1. The fourth-order valence-corrected chi connectivity index (χ4v) is 1.70. The molecule has 0 aliphatic heterocycles. The van der Waals surface area contributed by atoms with Crippen molar-refractivity contribution >= 4 is 33.3 Å². The third-order valence-corrected chi connectivity index (χ3v) is 2.49. The van der Waals surface area contributed by atoms with Gasteiger partial charge in [-0.15, -0.1) is 0 Å². The van der Waals surface area contributed by atoms with E-state index in [-0.39, 0.29) is 0 Å². The van der Waals surface area contributed by atoms with Crippen molar-refractivity contribution in [1.82, 2.24) is 9.97 Å². The number of anilines is 1. The molecule has 0 unspecified atom stereocenters. The Morgan fingerprint density at radius 2 is 2.13 bits per heavy atom. The second-order valence-electron chi connectivity index (χ2n) is 2.94. The first-order valence-corrected chi connectivity index (χ1v) is 5.38. The summed E-state index contributed by atoms with van der Waals surface area (Å²) in [6.45, 7) is 0. The summed E-state index contributed by atoms with van der Waals surface area (Å²) in [5, 5.41) is 0.647. The molecule has 2 rings (SSSR count). The highest BCUT2D eigenvalue weighted by molar-refractivity contribution is 9.10. The molecule has 5 heteroatoms. The van der Waals surface area contributed by atoms with E-state index in [1.165, 1.54) is 0 Å². The third-order valence-electron chi connectivity index (χ3n) is 1.87. The number of halogens is 2. The molecule has 0 aliphatic rings. The van der Waals surface area contributed by atoms with Gasteiger partial charge in [0.1, 0.15) is 16.1 Å². The van der Waals surface area contributed by atoms with E-state index in [1.54, 1.807) is 18.3 Å². The van der Waals surface area contributed by atoms with E-state index < -0.39 is 0 Å². The summed E-state index contributed by atoms with van der Waals surface area (Å²) in [5.74, 6) is 0.389. The zero-order valence-electron chi connectivity index (χ0n) is 7.61. The lowest BCUT2D eigenvalue weighted by Gasteiger charge is -2.04. The van der Waals surface area contributed by atoms with Gasteiger partial charge in [-0.05, 0) is 28.1 Å². The fourth-order valence-electron chi connectivity index (χ4n) is 1.23. The van der Waals surface area contributed by atoms with Crippen LogP contribution in [0.25, 0.3) is 11.3 Å². The van der Waals surface area contributed by atoms with Crippen molar-refractivity contribution < 1.29 is 0 Å². The van der Waals surface area contributed by atoms with E-state index in [4.69, 9.17) is 17.3 Å². The number of aromatic nitrogens is 2. The van der Waals surface area contributed by atoms with Crippen LogP contribution in [0, 0.1) is 0 Å². The molecule has 1 heterocycles. The van der Waals surface area contributed by atoms with E-state index >= 15 is 0 Å². The molecular formula is C10H7BrClN3. The lowest BCUT2D eigenvalue weighted by atomic mass is 10.1. The third kappa shape index (κ3) is 2.27. The Bertz CT molecular complexity index is 502. The summed E-state index contributed by atoms with van der Waals surface area (Å²) in [6, 6.07) is 7.33. The second kappa shape index (κ2) is 4.16. The Balaban J connectivity index is 2.58. The molecule has 0 radical (unpaired) electrons. The minimum absolute atomic E-state index is 0.389. The molecule has 0 aliphatic carbocycles. The first kappa shape index (κ1) is 10.4. The Hall–Kier alpha value is -1.13. The van der Waals surface area contributed by atoms with E-state index in [9.17, 15) is 0 Å². The van der Waals surface area contributed by atoms with E-state index in [1.807, 2.05) is 12.1 Å². The molecule has 1 aromatic heterocycles. The monoisotopic (exact) mass is 283 g/mol. The van der Waals surface area contributed by atoms with Crippen molar-refractivity contribution in [3.8, 4) is 11.3 Å². The van der Waals surface area contributed by atoms with Gasteiger partial charge in [-0.1, -0.05) is 23.7 Å². The van der Waals surface area contributed by atoms with E-state index in [0.717, 1.165) is 5.56 Å². The number of rotatable bonds is 1. The van der Waals surface area contributed by atoms with Crippen LogP contribution >= 0.6 is 27.5 Å². The molecule has 0 fully saturated rings. The maximum Gasteiger partial charge on any atom is 0.150 e. The van der Waals surface area contributed by atoms with Crippen LogP contribution in [0.5, 0.6) is 0 Å². The summed E-state index contributed by atoms with van der Waals surface area (Å²) >= 11 is 9.14. The molecule has 2 N–H and O–H groups in total. The Labute approximate surface area is 100 Å².